The number of carbonyl (C=O) groups is 1. The maximum absolute atomic E-state index is 12.7. The van der Waals surface area contributed by atoms with Gasteiger partial charge in [0.15, 0.2) is 23.0 Å². The van der Waals surface area contributed by atoms with E-state index in [1.807, 2.05) is 49.4 Å². The van der Waals surface area contributed by atoms with Crippen LogP contribution < -0.4 is 14.8 Å². The Labute approximate surface area is 191 Å². The van der Waals surface area contributed by atoms with Gasteiger partial charge in [0.05, 0.1) is 13.7 Å². The predicted octanol–water partition coefficient (Wildman–Crippen LogP) is 5.41. The Morgan fingerprint density at radius 3 is 2.72 bits per heavy atom. The summed E-state index contributed by atoms with van der Waals surface area (Å²) >= 11 is 6.05. The largest absolute Gasteiger partial charge is 0.493 e. The van der Waals surface area contributed by atoms with Crippen LogP contribution in [-0.2, 0) is 13.0 Å². The van der Waals surface area contributed by atoms with E-state index in [4.69, 9.17) is 25.5 Å². The molecule has 0 aliphatic rings. The number of aromatic nitrogens is 1. The first-order valence-electron chi connectivity index (χ1n) is 10.3. The molecule has 1 amide bonds. The Hall–Kier alpha value is -3.51. The maximum atomic E-state index is 12.7. The number of benzene rings is 3. The third kappa shape index (κ3) is 5.03. The fourth-order valence-electron chi connectivity index (χ4n) is 3.39. The van der Waals surface area contributed by atoms with Crippen LogP contribution in [0.4, 0.5) is 0 Å². The zero-order valence-corrected chi connectivity index (χ0v) is 18.6. The number of methoxy groups -OCH3 is 1. The Kier molecular flexibility index (Phi) is 6.61. The van der Waals surface area contributed by atoms with Crippen LogP contribution in [-0.4, -0.2) is 24.6 Å². The maximum Gasteiger partial charge on any atom is 0.251 e. The minimum absolute atomic E-state index is 0.201. The van der Waals surface area contributed by atoms with Crippen LogP contribution in [0.15, 0.2) is 65.1 Å². The average Bonchev–Trinajstić information content (AvgIpc) is 3.19. The summed E-state index contributed by atoms with van der Waals surface area (Å²) in [6.45, 7) is 2.83. The molecular weight excluding hydrogens is 428 g/mol. The first-order valence-corrected chi connectivity index (χ1v) is 10.7. The second-order valence-electron chi connectivity index (χ2n) is 7.20. The van der Waals surface area contributed by atoms with Gasteiger partial charge < -0.3 is 19.2 Å². The molecule has 164 valence electrons. The van der Waals surface area contributed by atoms with Crippen LogP contribution in [0, 0.1) is 0 Å². The number of nitrogens with zero attached hydrogens (tertiary/aromatic N) is 1. The second-order valence-corrected chi connectivity index (χ2v) is 7.63. The fourth-order valence-corrected chi connectivity index (χ4v) is 3.60. The van der Waals surface area contributed by atoms with Crippen LogP contribution in [0.25, 0.3) is 11.1 Å². The zero-order chi connectivity index (χ0) is 22.5. The van der Waals surface area contributed by atoms with E-state index in [1.165, 1.54) is 0 Å². The van der Waals surface area contributed by atoms with Crippen molar-refractivity contribution in [2.24, 2.45) is 0 Å². The van der Waals surface area contributed by atoms with Crippen molar-refractivity contribution in [2.75, 3.05) is 13.7 Å². The summed E-state index contributed by atoms with van der Waals surface area (Å²) in [4.78, 5) is 17.2. The van der Waals surface area contributed by atoms with Gasteiger partial charge in [-0.1, -0.05) is 29.8 Å². The molecule has 4 rings (SSSR count). The van der Waals surface area contributed by atoms with E-state index >= 15 is 0 Å². The molecule has 6 nitrogen and oxygen atoms in total. The standard InChI is InChI=1S/C25H23ClN2O4/c1-3-31-21-10-7-17(12-23(21)30-2)15-27-25(29)18-8-9-20-22(14-18)32-24(28-20)13-16-5-4-6-19(26)11-16/h4-12,14H,3,13,15H2,1-2H3,(H,27,29). The summed E-state index contributed by atoms with van der Waals surface area (Å²) in [5.74, 6) is 1.68. The number of halogens is 1. The molecule has 1 heterocycles. The number of ether oxygens (including phenoxy) is 2. The lowest BCUT2D eigenvalue weighted by Crippen LogP contribution is -2.22. The van der Waals surface area contributed by atoms with Gasteiger partial charge in [0.25, 0.3) is 5.91 Å². The number of hydrogen-bond donors (Lipinski definition) is 1. The number of nitrogens with one attached hydrogen (secondary N) is 1. The lowest BCUT2D eigenvalue weighted by molar-refractivity contribution is 0.0951. The van der Waals surface area contributed by atoms with Gasteiger partial charge >= 0.3 is 0 Å². The number of oxazole rings is 1. The minimum atomic E-state index is -0.201. The molecule has 0 aliphatic heterocycles. The van der Waals surface area contributed by atoms with Gasteiger partial charge in [-0.15, -0.1) is 0 Å². The van der Waals surface area contributed by atoms with E-state index in [2.05, 4.69) is 10.3 Å². The summed E-state index contributed by atoms with van der Waals surface area (Å²) in [6.07, 6.45) is 0.524. The molecule has 0 atom stereocenters. The van der Waals surface area contributed by atoms with Crippen LogP contribution in [0.1, 0.15) is 34.3 Å². The van der Waals surface area contributed by atoms with E-state index < -0.39 is 0 Å². The Bertz CT molecular complexity index is 1250. The van der Waals surface area contributed by atoms with Gasteiger partial charge in [0.2, 0.25) is 0 Å². The molecule has 0 unspecified atom stereocenters. The monoisotopic (exact) mass is 450 g/mol. The van der Waals surface area contributed by atoms with Crippen molar-refractivity contribution in [1.82, 2.24) is 10.3 Å². The minimum Gasteiger partial charge on any atom is -0.493 e. The molecular formula is C25H23ClN2O4. The highest BCUT2D eigenvalue weighted by Crippen LogP contribution is 2.28. The van der Waals surface area contributed by atoms with E-state index in [0.29, 0.717) is 58.6 Å². The SMILES string of the molecule is CCOc1ccc(CNC(=O)c2ccc3nc(Cc4cccc(Cl)c4)oc3c2)cc1OC. The highest BCUT2D eigenvalue weighted by atomic mass is 35.5. The van der Waals surface area contributed by atoms with Crippen LogP contribution in [0.2, 0.25) is 5.02 Å². The van der Waals surface area contributed by atoms with E-state index in [1.54, 1.807) is 25.3 Å². The summed E-state index contributed by atoms with van der Waals surface area (Å²) in [7, 11) is 1.59. The molecule has 0 saturated carbocycles. The summed E-state index contributed by atoms with van der Waals surface area (Å²) < 4.78 is 16.8. The van der Waals surface area contributed by atoms with Crippen molar-refractivity contribution in [1.29, 1.82) is 0 Å². The highest BCUT2D eigenvalue weighted by molar-refractivity contribution is 6.30. The molecule has 0 saturated heterocycles. The molecule has 32 heavy (non-hydrogen) atoms. The van der Waals surface area contributed by atoms with Crippen LogP contribution >= 0.6 is 11.6 Å². The van der Waals surface area contributed by atoms with Gasteiger partial charge in [-0.3, -0.25) is 4.79 Å². The molecule has 0 spiro atoms. The van der Waals surface area contributed by atoms with Crippen LogP contribution in [0.3, 0.4) is 0 Å². The van der Waals surface area contributed by atoms with Gasteiger partial charge in [-0.25, -0.2) is 4.98 Å². The lowest BCUT2D eigenvalue weighted by Gasteiger charge is -2.11. The van der Waals surface area contributed by atoms with Gasteiger partial charge in [-0.2, -0.15) is 0 Å². The molecule has 0 fully saturated rings. The van der Waals surface area contributed by atoms with Gasteiger partial charge in [-0.05, 0) is 60.5 Å². The Balaban J connectivity index is 1.44. The lowest BCUT2D eigenvalue weighted by atomic mass is 10.1. The smallest absolute Gasteiger partial charge is 0.251 e. The number of fused-ring (bicyclic) bond motifs is 1. The molecule has 0 radical (unpaired) electrons. The summed E-state index contributed by atoms with van der Waals surface area (Å²) in [5.41, 5.74) is 3.68. The number of carbonyl (C=O) groups excluding carboxylic acids is 1. The van der Waals surface area contributed by atoms with E-state index in [0.717, 1.165) is 11.1 Å². The summed E-state index contributed by atoms with van der Waals surface area (Å²) in [6, 6.07) is 18.4. The normalized spacial score (nSPS) is 10.8. The van der Waals surface area contributed by atoms with Crippen molar-refractivity contribution in [3.63, 3.8) is 0 Å². The van der Waals surface area contributed by atoms with Crippen LogP contribution in [0.5, 0.6) is 11.5 Å². The Morgan fingerprint density at radius 2 is 1.94 bits per heavy atom. The molecule has 7 heteroatoms. The van der Waals surface area contributed by atoms with Crippen molar-refractivity contribution in [2.45, 2.75) is 19.9 Å². The van der Waals surface area contributed by atoms with Crippen molar-refractivity contribution >= 4 is 28.6 Å². The molecule has 0 bridgehead atoms. The highest BCUT2D eigenvalue weighted by Gasteiger charge is 2.12. The predicted molar refractivity (Wildman–Crippen MR) is 124 cm³/mol. The van der Waals surface area contributed by atoms with Crippen molar-refractivity contribution in [3.8, 4) is 11.5 Å². The first-order chi connectivity index (χ1) is 15.6. The average molecular weight is 451 g/mol. The first kappa shape index (κ1) is 21.7. The second kappa shape index (κ2) is 9.75. The fraction of sp³-hybridized carbons (Fsp3) is 0.200. The zero-order valence-electron chi connectivity index (χ0n) is 17.9. The summed E-state index contributed by atoms with van der Waals surface area (Å²) in [5, 5.41) is 3.59. The van der Waals surface area contributed by atoms with E-state index in [9.17, 15) is 4.79 Å². The van der Waals surface area contributed by atoms with Crippen molar-refractivity contribution in [3.05, 3.63) is 88.3 Å². The number of hydrogen-bond acceptors (Lipinski definition) is 5. The molecule has 4 aromatic rings. The third-order valence-electron chi connectivity index (χ3n) is 4.92. The topological polar surface area (TPSA) is 73.6 Å². The molecule has 0 aliphatic carbocycles. The molecule has 1 N–H and O–H groups in total. The number of rotatable bonds is 8. The Morgan fingerprint density at radius 1 is 1.06 bits per heavy atom. The molecule has 1 aromatic heterocycles. The van der Waals surface area contributed by atoms with Crippen molar-refractivity contribution < 1.29 is 18.7 Å². The van der Waals surface area contributed by atoms with Gasteiger partial charge in [0, 0.05) is 23.6 Å². The van der Waals surface area contributed by atoms with E-state index in [-0.39, 0.29) is 5.91 Å². The van der Waals surface area contributed by atoms with Gasteiger partial charge in [0.1, 0.15) is 5.52 Å². The molecule has 3 aromatic carbocycles. The quantitative estimate of drug-likeness (QED) is 0.388. The third-order valence-corrected chi connectivity index (χ3v) is 5.16. The number of amides is 1.